The van der Waals surface area contributed by atoms with E-state index in [9.17, 15) is 19.5 Å². The van der Waals surface area contributed by atoms with Gasteiger partial charge in [0.25, 0.3) is 5.91 Å². The first-order valence-corrected chi connectivity index (χ1v) is 18.1. The van der Waals surface area contributed by atoms with Gasteiger partial charge in [-0.3, -0.25) is 14.5 Å². The number of fused-ring (bicyclic) bond motifs is 1. The van der Waals surface area contributed by atoms with Gasteiger partial charge >= 0.3 is 6.09 Å². The summed E-state index contributed by atoms with van der Waals surface area (Å²) >= 11 is 0. The molecular formula is C42H45N3O9. The highest BCUT2D eigenvalue weighted by molar-refractivity contribution is 6.22. The van der Waals surface area contributed by atoms with Gasteiger partial charge < -0.3 is 34.1 Å². The summed E-state index contributed by atoms with van der Waals surface area (Å²) in [5.41, 5.74) is 6.14. The lowest BCUT2D eigenvalue weighted by atomic mass is 9.89. The van der Waals surface area contributed by atoms with Crippen molar-refractivity contribution in [3.63, 3.8) is 0 Å². The van der Waals surface area contributed by atoms with Gasteiger partial charge in [0.15, 0.2) is 17.8 Å². The Morgan fingerprint density at radius 3 is 2.24 bits per heavy atom. The van der Waals surface area contributed by atoms with Crippen molar-refractivity contribution >= 4 is 23.6 Å². The highest BCUT2D eigenvalue weighted by Gasteiger charge is 2.42. The van der Waals surface area contributed by atoms with Gasteiger partial charge in [0.05, 0.1) is 45.1 Å². The van der Waals surface area contributed by atoms with E-state index in [1.54, 1.807) is 38.5 Å². The topological polar surface area (TPSA) is 136 Å². The van der Waals surface area contributed by atoms with Gasteiger partial charge in [-0.1, -0.05) is 73.7 Å². The van der Waals surface area contributed by atoms with E-state index in [0.717, 1.165) is 52.4 Å². The number of amides is 3. The minimum absolute atomic E-state index is 0.0176. The van der Waals surface area contributed by atoms with Crippen molar-refractivity contribution < 1.29 is 43.2 Å². The molecule has 0 bridgehead atoms. The molecule has 3 aliphatic rings. The summed E-state index contributed by atoms with van der Waals surface area (Å²) in [4.78, 5) is 42.3. The molecule has 12 heteroatoms. The van der Waals surface area contributed by atoms with Gasteiger partial charge in [0.2, 0.25) is 5.91 Å². The maximum atomic E-state index is 13.3. The van der Waals surface area contributed by atoms with Crippen molar-refractivity contribution in [1.29, 1.82) is 0 Å². The number of nitrogens with zero attached hydrogens (tertiary/aromatic N) is 2. The molecule has 2 N–H and O–H groups in total. The van der Waals surface area contributed by atoms with E-state index in [1.807, 2.05) is 54.6 Å². The number of anilines is 1. The zero-order valence-corrected chi connectivity index (χ0v) is 30.6. The first kappa shape index (κ1) is 37.1. The highest BCUT2D eigenvalue weighted by atomic mass is 16.7. The van der Waals surface area contributed by atoms with E-state index in [0.29, 0.717) is 18.0 Å². The Morgan fingerprint density at radius 2 is 1.56 bits per heavy atom. The normalized spacial score (nSPS) is 22.8. The Morgan fingerprint density at radius 1 is 0.870 bits per heavy atom. The monoisotopic (exact) mass is 735 g/mol. The SMILES string of the molecule is COc1cc2c(cc1OC)CN(C[C@@H]1O[C@H](c3ccc(N4C(=O)CC(NC(=O)OCc5ccccc5)C4=O)cc3)O[C@H](c3ccc(CO)cc3)[C@@H]1C)CC2. The fourth-order valence-electron chi connectivity index (χ4n) is 7.38. The lowest BCUT2D eigenvalue weighted by Gasteiger charge is -2.43. The summed E-state index contributed by atoms with van der Waals surface area (Å²) in [5.74, 6) is 0.453. The van der Waals surface area contributed by atoms with E-state index >= 15 is 0 Å². The van der Waals surface area contributed by atoms with Crippen LogP contribution in [0.5, 0.6) is 11.5 Å². The van der Waals surface area contributed by atoms with Gasteiger partial charge in [0.1, 0.15) is 12.6 Å². The summed E-state index contributed by atoms with van der Waals surface area (Å²) in [6.45, 7) is 4.38. The van der Waals surface area contributed by atoms with Crippen molar-refractivity contribution in [1.82, 2.24) is 10.2 Å². The van der Waals surface area contributed by atoms with Crippen LogP contribution in [-0.4, -0.2) is 67.4 Å². The zero-order valence-electron chi connectivity index (χ0n) is 30.6. The molecule has 4 aromatic carbocycles. The van der Waals surface area contributed by atoms with Crippen LogP contribution in [0.3, 0.4) is 0 Å². The molecule has 54 heavy (non-hydrogen) atoms. The van der Waals surface area contributed by atoms with Gasteiger partial charge in [-0.15, -0.1) is 0 Å². The van der Waals surface area contributed by atoms with Crippen molar-refractivity contribution in [2.75, 3.05) is 32.2 Å². The van der Waals surface area contributed by atoms with E-state index in [4.69, 9.17) is 23.7 Å². The van der Waals surface area contributed by atoms with Crippen molar-refractivity contribution in [2.45, 2.75) is 64.1 Å². The molecule has 2 saturated heterocycles. The second-order valence-electron chi connectivity index (χ2n) is 13.9. The molecule has 0 radical (unpaired) electrons. The Hall–Kier alpha value is -5.27. The minimum Gasteiger partial charge on any atom is -0.493 e. The summed E-state index contributed by atoms with van der Waals surface area (Å²) in [5, 5.41) is 12.2. The Bertz CT molecular complexity index is 1950. The summed E-state index contributed by atoms with van der Waals surface area (Å²) in [6.07, 6.45) is -1.33. The number of hydrogen-bond acceptors (Lipinski definition) is 10. The summed E-state index contributed by atoms with van der Waals surface area (Å²) in [7, 11) is 3.29. The van der Waals surface area contributed by atoms with Gasteiger partial charge in [0, 0.05) is 31.1 Å². The molecule has 3 heterocycles. The fourth-order valence-corrected chi connectivity index (χ4v) is 7.38. The standard InChI is InChI=1S/C42H45N3O9/c1-26-37(23-44-18-17-31-19-35(50-2)36(51-3)20-32(31)22-44)53-41(54-39(26)29-11-9-27(24-46)10-12-29)30-13-15-33(16-14-30)45-38(47)21-34(40(45)48)43-42(49)52-25-28-7-5-4-6-8-28/h4-16,19-20,26,34,37,39,41,46H,17-18,21-25H2,1-3H3,(H,43,49)/t26-,34?,37+,39+,41+/m1/s1. The van der Waals surface area contributed by atoms with Crippen molar-refractivity contribution in [2.24, 2.45) is 5.92 Å². The molecule has 5 atom stereocenters. The van der Waals surface area contributed by atoms with Crippen LogP contribution in [0.1, 0.15) is 59.1 Å². The van der Waals surface area contributed by atoms with Crippen LogP contribution in [0.25, 0.3) is 0 Å². The van der Waals surface area contributed by atoms with Crippen molar-refractivity contribution in [3.05, 3.63) is 124 Å². The Kier molecular flexibility index (Phi) is 11.3. The van der Waals surface area contributed by atoms with Crippen LogP contribution in [0.4, 0.5) is 10.5 Å². The van der Waals surface area contributed by atoms with E-state index < -0.39 is 30.2 Å². The maximum Gasteiger partial charge on any atom is 0.408 e. The predicted octanol–water partition coefficient (Wildman–Crippen LogP) is 5.60. The lowest BCUT2D eigenvalue weighted by Crippen LogP contribution is -2.45. The molecule has 1 unspecified atom stereocenters. The van der Waals surface area contributed by atoms with Crippen LogP contribution in [-0.2, 0) is 50.0 Å². The number of alkyl carbamates (subject to hydrolysis) is 1. The molecule has 0 spiro atoms. The maximum absolute atomic E-state index is 13.3. The quantitative estimate of drug-likeness (QED) is 0.187. The summed E-state index contributed by atoms with van der Waals surface area (Å²) in [6, 6.07) is 27.0. The van der Waals surface area contributed by atoms with Gasteiger partial charge in [-0.25, -0.2) is 9.69 Å². The molecule has 282 valence electrons. The molecular weight excluding hydrogens is 690 g/mol. The van der Waals surface area contributed by atoms with Crippen LogP contribution >= 0.6 is 0 Å². The number of hydrogen-bond donors (Lipinski definition) is 2. The third-order valence-corrected chi connectivity index (χ3v) is 10.4. The average Bonchev–Trinajstić information content (AvgIpc) is 3.48. The zero-order chi connectivity index (χ0) is 37.8. The third kappa shape index (κ3) is 7.97. The van der Waals surface area contributed by atoms with Crippen LogP contribution in [0, 0.1) is 5.92 Å². The second kappa shape index (κ2) is 16.4. The highest BCUT2D eigenvalue weighted by Crippen LogP contribution is 2.43. The molecule has 4 aromatic rings. The molecule has 12 nitrogen and oxygen atoms in total. The molecule has 2 fully saturated rings. The number of carbonyl (C=O) groups excluding carboxylic acids is 3. The predicted molar refractivity (Wildman–Crippen MR) is 199 cm³/mol. The number of nitrogens with one attached hydrogen (secondary N) is 1. The molecule has 7 rings (SSSR count). The number of benzene rings is 4. The Balaban J connectivity index is 1.06. The van der Waals surface area contributed by atoms with Crippen LogP contribution in [0.15, 0.2) is 91.0 Å². The third-order valence-electron chi connectivity index (χ3n) is 10.4. The number of aliphatic hydroxyl groups is 1. The van der Waals surface area contributed by atoms with E-state index in [1.165, 1.54) is 11.1 Å². The molecule has 3 aliphatic heterocycles. The van der Waals surface area contributed by atoms with Gasteiger partial charge in [-0.05, 0) is 58.5 Å². The van der Waals surface area contributed by atoms with Gasteiger partial charge in [-0.2, -0.15) is 0 Å². The molecule has 0 aliphatic carbocycles. The molecule has 0 aromatic heterocycles. The number of carbonyl (C=O) groups is 3. The Labute approximate surface area is 314 Å². The first-order chi connectivity index (χ1) is 26.2. The second-order valence-corrected chi connectivity index (χ2v) is 13.9. The minimum atomic E-state index is -1.03. The fraction of sp³-hybridized carbons (Fsp3) is 0.357. The number of imide groups is 1. The van der Waals surface area contributed by atoms with Crippen molar-refractivity contribution in [3.8, 4) is 11.5 Å². The lowest BCUT2D eigenvalue weighted by molar-refractivity contribution is -0.276. The largest absolute Gasteiger partial charge is 0.493 e. The molecule has 3 amide bonds. The number of rotatable bonds is 11. The van der Waals surface area contributed by atoms with Crippen LogP contribution in [0.2, 0.25) is 0 Å². The number of aliphatic hydroxyl groups excluding tert-OH is 1. The van der Waals surface area contributed by atoms with E-state index in [-0.39, 0.29) is 37.8 Å². The molecule has 0 saturated carbocycles. The average molecular weight is 736 g/mol. The number of methoxy groups -OCH3 is 2. The smallest absolute Gasteiger partial charge is 0.408 e. The first-order valence-electron chi connectivity index (χ1n) is 18.1. The number of ether oxygens (including phenoxy) is 5. The van der Waals surface area contributed by atoms with Crippen LogP contribution < -0.4 is 19.7 Å². The summed E-state index contributed by atoms with van der Waals surface area (Å²) < 4.78 is 29.8. The van der Waals surface area contributed by atoms with E-state index in [2.05, 4.69) is 29.3 Å².